The number of aromatic nitrogens is 1. The largest absolute Gasteiger partial charge is 0.476 e. The normalized spacial score (nSPS) is 17.6. The Morgan fingerprint density at radius 3 is 2.83 bits per heavy atom. The molecule has 1 aliphatic rings. The van der Waals surface area contributed by atoms with Gasteiger partial charge in [0.1, 0.15) is 4.90 Å². The zero-order valence-corrected chi connectivity index (χ0v) is 11.1. The zero-order valence-electron chi connectivity index (χ0n) is 10.3. The molecule has 0 unspecified atom stereocenters. The lowest BCUT2D eigenvalue weighted by atomic mass is 10.0. The van der Waals surface area contributed by atoms with Gasteiger partial charge in [-0.1, -0.05) is 0 Å². The fourth-order valence-electron chi connectivity index (χ4n) is 1.88. The van der Waals surface area contributed by atoms with E-state index in [0.717, 1.165) is 32.3 Å². The first-order valence-corrected chi connectivity index (χ1v) is 7.82. The smallest absolute Gasteiger partial charge is 0.232 e. The minimum Gasteiger partial charge on any atom is -0.476 e. The Hall–Kier alpha value is -1.14. The van der Waals surface area contributed by atoms with Crippen LogP contribution < -0.4 is 4.74 Å². The maximum absolute atomic E-state index is 11.6. The fraction of sp³-hybridized carbons (Fsp3) is 0.583. The highest BCUT2D eigenvalue weighted by atomic mass is 32.2. The third-order valence-electron chi connectivity index (χ3n) is 2.93. The second-order valence-electron chi connectivity index (χ2n) is 4.45. The second kappa shape index (κ2) is 5.67. The number of sulfone groups is 1. The van der Waals surface area contributed by atoms with Crippen molar-refractivity contribution in [1.29, 1.82) is 0 Å². The molecule has 0 aromatic carbocycles. The first kappa shape index (κ1) is 13.3. The molecule has 0 atom stereocenters. The van der Waals surface area contributed by atoms with Crippen molar-refractivity contribution in [2.45, 2.75) is 17.7 Å². The van der Waals surface area contributed by atoms with Crippen LogP contribution in [0.3, 0.4) is 0 Å². The number of nitrogens with zero attached hydrogens (tertiary/aromatic N) is 1. The predicted octanol–water partition coefficient (Wildman–Crippen LogP) is 1.29. The molecule has 2 heterocycles. The van der Waals surface area contributed by atoms with Crippen molar-refractivity contribution >= 4 is 9.84 Å². The van der Waals surface area contributed by atoms with Crippen LogP contribution in [0.25, 0.3) is 0 Å². The van der Waals surface area contributed by atoms with Gasteiger partial charge in [-0.3, -0.25) is 0 Å². The molecule has 1 aromatic rings. The monoisotopic (exact) mass is 271 g/mol. The summed E-state index contributed by atoms with van der Waals surface area (Å²) in [6, 6.07) is 3.11. The van der Waals surface area contributed by atoms with Crippen LogP contribution in [0.2, 0.25) is 0 Å². The Kier molecular flexibility index (Phi) is 4.19. The Labute approximate surface area is 107 Å². The summed E-state index contributed by atoms with van der Waals surface area (Å²) in [5.41, 5.74) is 0. The maximum Gasteiger partial charge on any atom is 0.232 e. The lowest BCUT2D eigenvalue weighted by molar-refractivity contribution is 0.0485. The number of hydrogen-bond acceptors (Lipinski definition) is 5. The molecule has 1 saturated heterocycles. The molecule has 100 valence electrons. The van der Waals surface area contributed by atoms with Crippen molar-refractivity contribution in [2.75, 3.05) is 26.1 Å². The average molecular weight is 271 g/mol. The Morgan fingerprint density at radius 1 is 1.44 bits per heavy atom. The highest BCUT2D eigenvalue weighted by molar-refractivity contribution is 7.90. The van der Waals surface area contributed by atoms with Crippen LogP contribution in [-0.4, -0.2) is 39.5 Å². The van der Waals surface area contributed by atoms with Gasteiger partial charge in [0.15, 0.2) is 9.84 Å². The Bertz CT molecular complexity index is 495. The maximum atomic E-state index is 11.6. The van der Waals surface area contributed by atoms with E-state index >= 15 is 0 Å². The van der Waals surface area contributed by atoms with Gasteiger partial charge in [0, 0.05) is 25.7 Å². The van der Waals surface area contributed by atoms with Crippen LogP contribution >= 0.6 is 0 Å². The van der Waals surface area contributed by atoms with Crippen molar-refractivity contribution in [3.05, 3.63) is 18.3 Å². The third-order valence-corrected chi connectivity index (χ3v) is 4.04. The Balaban J connectivity index is 2.05. The van der Waals surface area contributed by atoms with Crippen molar-refractivity contribution in [2.24, 2.45) is 5.92 Å². The molecule has 0 N–H and O–H groups in total. The van der Waals surface area contributed by atoms with Gasteiger partial charge in [-0.25, -0.2) is 13.4 Å². The van der Waals surface area contributed by atoms with Crippen molar-refractivity contribution in [3.63, 3.8) is 0 Å². The molecule has 1 aromatic heterocycles. The van der Waals surface area contributed by atoms with Gasteiger partial charge in [-0.05, 0) is 30.9 Å². The topological polar surface area (TPSA) is 65.5 Å². The van der Waals surface area contributed by atoms with Gasteiger partial charge in [0.25, 0.3) is 0 Å². The minimum absolute atomic E-state index is 0.150. The number of pyridine rings is 1. The van der Waals surface area contributed by atoms with Crippen LogP contribution in [-0.2, 0) is 14.6 Å². The second-order valence-corrected chi connectivity index (χ2v) is 6.43. The molecule has 18 heavy (non-hydrogen) atoms. The quantitative estimate of drug-likeness (QED) is 0.825. The molecule has 2 rings (SSSR count). The highest BCUT2D eigenvalue weighted by Crippen LogP contribution is 2.22. The van der Waals surface area contributed by atoms with E-state index < -0.39 is 9.84 Å². The van der Waals surface area contributed by atoms with Gasteiger partial charge < -0.3 is 9.47 Å². The van der Waals surface area contributed by atoms with E-state index in [2.05, 4.69) is 4.98 Å². The number of ether oxygens (including phenoxy) is 2. The average Bonchev–Trinajstić information content (AvgIpc) is 2.37. The zero-order chi connectivity index (χ0) is 13.0. The summed E-state index contributed by atoms with van der Waals surface area (Å²) >= 11 is 0. The number of hydrogen-bond donors (Lipinski definition) is 0. The van der Waals surface area contributed by atoms with Crippen molar-refractivity contribution in [3.8, 4) is 5.88 Å². The molecule has 0 radical (unpaired) electrons. The van der Waals surface area contributed by atoms with E-state index in [0.29, 0.717) is 12.5 Å². The fourth-order valence-corrected chi connectivity index (χ4v) is 2.63. The van der Waals surface area contributed by atoms with E-state index in [-0.39, 0.29) is 10.8 Å². The van der Waals surface area contributed by atoms with Crippen LogP contribution in [0.1, 0.15) is 12.8 Å². The lowest BCUT2D eigenvalue weighted by Crippen LogP contribution is -2.22. The van der Waals surface area contributed by atoms with Crippen LogP contribution in [0.5, 0.6) is 5.88 Å². The molecular weight excluding hydrogens is 254 g/mol. The summed E-state index contributed by atoms with van der Waals surface area (Å²) in [6.07, 6.45) is 4.58. The van der Waals surface area contributed by atoms with Crippen LogP contribution in [0, 0.1) is 5.92 Å². The molecule has 6 heteroatoms. The summed E-state index contributed by atoms with van der Waals surface area (Å²) in [5, 5.41) is 0. The molecule has 0 saturated carbocycles. The Morgan fingerprint density at radius 2 is 2.17 bits per heavy atom. The minimum atomic E-state index is -3.30. The molecular formula is C12H17NO4S. The first-order chi connectivity index (χ1) is 8.57. The SMILES string of the molecule is CS(=O)(=O)c1cccnc1OCC1CCOCC1. The van der Waals surface area contributed by atoms with E-state index in [4.69, 9.17) is 9.47 Å². The first-order valence-electron chi connectivity index (χ1n) is 5.93. The van der Waals surface area contributed by atoms with Gasteiger partial charge in [-0.15, -0.1) is 0 Å². The van der Waals surface area contributed by atoms with Gasteiger partial charge >= 0.3 is 0 Å². The van der Waals surface area contributed by atoms with Gasteiger partial charge in [0.05, 0.1) is 6.61 Å². The summed E-state index contributed by atoms with van der Waals surface area (Å²) in [4.78, 5) is 4.15. The van der Waals surface area contributed by atoms with Gasteiger partial charge in [0.2, 0.25) is 5.88 Å². The third kappa shape index (κ3) is 3.43. The van der Waals surface area contributed by atoms with Crippen molar-refractivity contribution in [1.82, 2.24) is 4.98 Å². The standard InChI is InChI=1S/C12H17NO4S/c1-18(14,15)11-3-2-6-13-12(11)17-9-10-4-7-16-8-5-10/h2-3,6,10H,4-5,7-9H2,1H3. The molecule has 0 bridgehead atoms. The van der Waals surface area contributed by atoms with E-state index in [9.17, 15) is 8.42 Å². The number of rotatable bonds is 4. The summed E-state index contributed by atoms with van der Waals surface area (Å²) in [7, 11) is -3.30. The molecule has 1 fully saturated rings. The summed E-state index contributed by atoms with van der Waals surface area (Å²) in [6.45, 7) is 1.98. The predicted molar refractivity (Wildman–Crippen MR) is 66.4 cm³/mol. The molecule has 0 spiro atoms. The van der Waals surface area contributed by atoms with Gasteiger partial charge in [-0.2, -0.15) is 0 Å². The summed E-state index contributed by atoms with van der Waals surface area (Å²) < 4.78 is 33.9. The van der Waals surface area contributed by atoms with E-state index in [1.54, 1.807) is 6.07 Å². The molecule has 5 nitrogen and oxygen atoms in total. The lowest BCUT2D eigenvalue weighted by Gasteiger charge is -2.22. The molecule has 0 amide bonds. The van der Waals surface area contributed by atoms with Crippen LogP contribution in [0.4, 0.5) is 0 Å². The summed E-state index contributed by atoms with van der Waals surface area (Å²) in [5.74, 6) is 0.611. The van der Waals surface area contributed by atoms with E-state index in [1.807, 2.05) is 0 Å². The molecule has 1 aliphatic heterocycles. The van der Waals surface area contributed by atoms with Crippen molar-refractivity contribution < 1.29 is 17.9 Å². The molecule has 0 aliphatic carbocycles. The highest BCUT2D eigenvalue weighted by Gasteiger charge is 2.18. The van der Waals surface area contributed by atoms with E-state index in [1.165, 1.54) is 12.3 Å². The van der Waals surface area contributed by atoms with Crippen LogP contribution in [0.15, 0.2) is 23.2 Å².